The summed E-state index contributed by atoms with van der Waals surface area (Å²) in [7, 11) is 0. The van der Waals surface area contributed by atoms with E-state index >= 15 is 0 Å². The SMILES string of the molecule is Cc1cc(-c2cncc(C(=O)NCC(C)C)c2)nc2c1C(=O)N(c1cnn(CCF)c1)C2(C)C. The highest BCUT2D eigenvalue weighted by Gasteiger charge is 2.47. The number of nitrogens with one attached hydrogen (secondary N) is 1. The minimum atomic E-state index is -0.754. The van der Waals surface area contributed by atoms with Crippen molar-refractivity contribution in [2.75, 3.05) is 18.1 Å². The molecule has 178 valence electrons. The van der Waals surface area contributed by atoms with Crippen molar-refractivity contribution in [3.8, 4) is 11.3 Å². The Kier molecular flexibility index (Phi) is 6.20. The van der Waals surface area contributed by atoms with E-state index < -0.39 is 12.2 Å². The Labute approximate surface area is 198 Å². The van der Waals surface area contributed by atoms with Crippen LogP contribution in [0.4, 0.5) is 10.1 Å². The molecule has 3 aromatic rings. The Balaban J connectivity index is 1.71. The molecule has 1 aliphatic rings. The van der Waals surface area contributed by atoms with Crippen LogP contribution in [-0.4, -0.2) is 44.8 Å². The third-order valence-electron chi connectivity index (χ3n) is 5.93. The molecule has 0 spiro atoms. The predicted octanol–water partition coefficient (Wildman–Crippen LogP) is 3.90. The molecule has 0 radical (unpaired) electrons. The van der Waals surface area contributed by atoms with Gasteiger partial charge in [-0.15, -0.1) is 0 Å². The lowest BCUT2D eigenvalue weighted by molar-refractivity contribution is 0.0946. The minimum absolute atomic E-state index is 0.130. The van der Waals surface area contributed by atoms with E-state index in [-0.39, 0.29) is 18.4 Å². The summed E-state index contributed by atoms with van der Waals surface area (Å²) in [6, 6.07) is 3.61. The molecule has 2 amide bonds. The van der Waals surface area contributed by atoms with Gasteiger partial charge in [-0.05, 0) is 44.4 Å². The molecule has 0 unspecified atom stereocenters. The number of pyridine rings is 2. The van der Waals surface area contributed by atoms with Gasteiger partial charge in [0.25, 0.3) is 11.8 Å². The van der Waals surface area contributed by atoms with E-state index in [2.05, 4.69) is 15.4 Å². The highest BCUT2D eigenvalue weighted by molar-refractivity contribution is 6.12. The third kappa shape index (κ3) is 4.18. The van der Waals surface area contributed by atoms with Gasteiger partial charge in [0.05, 0.1) is 46.5 Å². The number of nitrogens with zero attached hydrogens (tertiary/aromatic N) is 5. The zero-order valence-electron chi connectivity index (χ0n) is 20.1. The number of halogens is 1. The number of hydrogen-bond acceptors (Lipinski definition) is 5. The maximum Gasteiger partial charge on any atom is 0.261 e. The van der Waals surface area contributed by atoms with Gasteiger partial charge in [0.1, 0.15) is 6.67 Å². The molecule has 0 saturated heterocycles. The van der Waals surface area contributed by atoms with E-state index in [1.807, 2.05) is 40.7 Å². The largest absolute Gasteiger partial charge is 0.352 e. The van der Waals surface area contributed by atoms with Gasteiger partial charge in [0, 0.05) is 30.7 Å². The molecular formula is C25H29FN6O2. The molecule has 4 heterocycles. The summed E-state index contributed by atoms with van der Waals surface area (Å²) in [5.41, 5.74) is 3.59. The smallest absolute Gasteiger partial charge is 0.261 e. The zero-order valence-corrected chi connectivity index (χ0v) is 20.1. The first-order valence-corrected chi connectivity index (χ1v) is 11.3. The Bertz CT molecular complexity index is 1250. The standard InChI is InChI=1S/C25H29FN6O2/c1-15(2)10-28-23(33)18-9-17(11-27-12-18)20-8-16(3)21-22(30-20)25(4,5)32(24(21)34)19-13-29-31(14-19)7-6-26/h8-9,11-15H,6-7,10H2,1-5H3,(H,28,33). The van der Waals surface area contributed by atoms with E-state index in [1.54, 1.807) is 29.6 Å². The molecule has 1 N–H and O–H groups in total. The Hall–Kier alpha value is -3.62. The highest BCUT2D eigenvalue weighted by atomic mass is 19.1. The van der Waals surface area contributed by atoms with Crippen LogP contribution in [0.15, 0.2) is 36.9 Å². The molecule has 3 aromatic heterocycles. The van der Waals surface area contributed by atoms with Gasteiger partial charge in [0.15, 0.2) is 0 Å². The van der Waals surface area contributed by atoms with Crippen molar-refractivity contribution in [2.24, 2.45) is 5.92 Å². The van der Waals surface area contributed by atoms with Crippen molar-refractivity contribution in [1.29, 1.82) is 0 Å². The van der Waals surface area contributed by atoms with Crippen LogP contribution in [-0.2, 0) is 12.1 Å². The molecule has 4 rings (SSSR count). The number of alkyl halides is 1. The third-order valence-corrected chi connectivity index (χ3v) is 5.93. The van der Waals surface area contributed by atoms with E-state index in [0.29, 0.717) is 46.2 Å². The van der Waals surface area contributed by atoms with Crippen LogP contribution in [0.5, 0.6) is 0 Å². The van der Waals surface area contributed by atoms with Crippen LogP contribution >= 0.6 is 0 Å². The van der Waals surface area contributed by atoms with Gasteiger partial charge < -0.3 is 5.32 Å². The molecule has 0 saturated carbocycles. The van der Waals surface area contributed by atoms with Crippen molar-refractivity contribution in [1.82, 2.24) is 25.1 Å². The van der Waals surface area contributed by atoms with Gasteiger partial charge in [-0.3, -0.25) is 24.2 Å². The van der Waals surface area contributed by atoms with Crippen LogP contribution in [0.2, 0.25) is 0 Å². The number of hydrogen-bond donors (Lipinski definition) is 1. The van der Waals surface area contributed by atoms with Crippen LogP contribution in [0.25, 0.3) is 11.3 Å². The molecule has 0 aromatic carbocycles. The van der Waals surface area contributed by atoms with E-state index in [0.717, 1.165) is 5.56 Å². The lowest BCUT2D eigenvalue weighted by atomic mass is 9.96. The molecule has 8 nitrogen and oxygen atoms in total. The fourth-order valence-electron chi connectivity index (χ4n) is 4.22. The molecular weight excluding hydrogens is 435 g/mol. The lowest BCUT2D eigenvalue weighted by Gasteiger charge is -2.30. The first kappa shape index (κ1) is 23.5. The molecule has 0 fully saturated rings. The van der Waals surface area contributed by atoms with E-state index in [1.165, 1.54) is 10.9 Å². The van der Waals surface area contributed by atoms with Crippen LogP contribution in [0, 0.1) is 12.8 Å². The number of fused-ring (bicyclic) bond motifs is 1. The maximum absolute atomic E-state index is 13.4. The fourth-order valence-corrected chi connectivity index (χ4v) is 4.22. The average Bonchev–Trinajstić information content (AvgIpc) is 3.32. The Morgan fingerprint density at radius 2 is 1.97 bits per heavy atom. The van der Waals surface area contributed by atoms with Crippen molar-refractivity contribution in [3.05, 3.63) is 59.3 Å². The number of aromatic nitrogens is 4. The summed E-state index contributed by atoms with van der Waals surface area (Å²) < 4.78 is 14.2. The quantitative estimate of drug-likeness (QED) is 0.573. The van der Waals surface area contributed by atoms with Gasteiger partial charge in [-0.2, -0.15) is 5.10 Å². The molecule has 0 aliphatic carbocycles. The Morgan fingerprint density at radius 3 is 2.68 bits per heavy atom. The summed E-state index contributed by atoms with van der Waals surface area (Å²) in [6.07, 6.45) is 6.44. The van der Waals surface area contributed by atoms with E-state index in [4.69, 9.17) is 4.98 Å². The minimum Gasteiger partial charge on any atom is -0.352 e. The first-order chi connectivity index (χ1) is 16.1. The van der Waals surface area contributed by atoms with Crippen molar-refractivity contribution in [2.45, 2.75) is 46.7 Å². The van der Waals surface area contributed by atoms with E-state index in [9.17, 15) is 14.0 Å². The predicted molar refractivity (Wildman–Crippen MR) is 127 cm³/mol. The van der Waals surface area contributed by atoms with Crippen molar-refractivity contribution < 1.29 is 14.0 Å². The van der Waals surface area contributed by atoms with Crippen LogP contribution in [0.3, 0.4) is 0 Å². The van der Waals surface area contributed by atoms with Gasteiger partial charge in [-0.1, -0.05) is 13.8 Å². The summed E-state index contributed by atoms with van der Waals surface area (Å²) in [5.74, 6) is -0.0166. The van der Waals surface area contributed by atoms with Crippen molar-refractivity contribution >= 4 is 17.5 Å². The average molecular weight is 465 g/mol. The van der Waals surface area contributed by atoms with Crippen LogP contribution < -0.4 is 10.2 Å². The molecule has 0 bridgehead atoms. The molecule has 9 heteroatoms. The van der Waals surface area contributed by atoms with Gasteiger partial charge in [-0.25, -0.2) is 9.37 Å². The topological polar surface area (TPSA) is 93.0 Å². The summed E-state index contributed by atoms with van der Waals surface area (Å²) in [5, 5.41) is 7.07. The maximum atomic E-state index is 13.4. The van der Waals surface area contributed by atoms with Crippen LogP contribution in [0.1, 0.15) is 59.7 Å². The normalized spacial score (nSPS) is 14.6. The second-order valence-electron chi connectivity index (χ2n) is 9.46. The number of aryl methyl sites for hydroxylation is 2. The fraction of sp³-hybridized carbons (Fsp3) is 0.400. The lowest BCUT2D eigenvalue weighted by Crippen LogP contribution is -2.39. The number of carbonyl (C=O) groups is 2. The summed E-state index contributed by atoms with van der Waals surface area (Å²) >= 11 is 0. The number of carbonyl (C=O) groups excluding carboxylic acids is 2. The highest BCUT2D eigenvalue weighted by Crippen LogP contribution is 2.42. The molecule has 1 aliphatic heterocycles. The molecule has 0 atom stereocenters. The van der Waals surface area contributed by atoms with Gasteiger partial charge in [0.2, 0.25) is 0 Å². The summed E-state index contributed by atoms with van der Waals surface area (Å²) in [6.45, 7) is 9.96. The number of rotatable bonds is 7. The zero-order chi connectivity index (χ0) is 24.6. The second-order valence-corrected chi connectivity index (χ2v) is 9.46. The number of anilines is 1. The Morgan fingerprint density at radius 1 is 1.21 bits per heavy atom. The second kappa shape index (κ2) is 8.96. The number of amides is 2. The first-order valence-electron chi connectivity index (χ1n) is 11.3. The van der Waals surface area contributed by atoms with Crippen molar-refractivity contribution in [3.63, 3.8) is 0 Å². The summed E-state index contributed by atoms with van der Waals surface area (Å²) in [4.78, 5) is 36.7. The van der Waals surface area contributed by atoms with Gasteiger partial charge >= 0.3 is 0 Å². The monoisotopic (exact) mass is 464 g/mol. The molecule has 34 heavy (non-hydrogen) atoms.